The smallest absolute Gasteiger partial charge is 0.0715 e. The number of aromatic nitrogens is 1. The number of para-hydroxylation sites is 2. The molecule has 132 valence electrons. The summed E-state index contributed by atoms with van der Waals surface area (Å²) in [5.74, 6) is 0. The first-order valence-corrected chi connectivity index (χ1v) is 9.69. The van der Waals surface area contributed by atoms with Gasteiger partial charge in [0.25, 0.3) is 0 Å². The molecule has 0 unspecified atom stereocenters. The lowest BCUT2D eigenvalue weighted by Crippen LogP contribution is -2.17. The lowest BCUT2D eigenvalue weighted by Gasteiger charge is -2.17. The summed E-state index contributed by atoms with van der Waals surface area (Å²) in [6.07, 6.45) is 7.06. The van der Waals surface area contributed by atoms with E-state index in [1.165, 1.54) is 53.5 Å². The number of rotatable bonds is 3. The van der Waals surface area contributed by atoms with E-state index in [9.17, 15) is 0 Å². The van der Waals surface area contributed by atoms with Gasteiger partial charge in [-0.25, -0.2) is 4.98 Å². The molecule has 3 aromatic carbocycles. The van der Waals surface area contributed by atoms with E-state index in [2.05, 4.69) is 89.8 Å². The summed E-state index contributed by atoms with van der Waals surface area (Å²) in [5, 5.41) is 2.39. The first-order chi connectivity index (χ1) is 13.4. The van der Waals surface area contributed by atoms with Crippen LogP contribution in [-0.4, -0.2) is 18.1 Å². The summed E-state index contributed by atoms with van der Waals surface area (Å²) in [6, 6.07) is 25.7. The van der Waals surface area contributed by atoms with Crippen molar-refractivity contribution in [1.29, 1.82) is 0 Å². The molecule has 0 N–H and O–H groups in total. The van der Waals surface area contributed by atoms with Crippen LogP contribution in [0.25, 0.3) is 34.0 Å². The molecular formula is C25H22N2. The Bertz CT molecular complexity index is 1070. The molecule has 2 heterocycles. The van der Waals surface area contributed by atoms with Gasteiger partial charge in [-0.05, 0) is 48.2 Å². The SMILES string of the molecule is C(=Cc1c2ccccc2nc2ccccc12)c1ccc(N2CCCC2)cc1. The summed E-state index contributed by atoms with van der Waals surface area (Å²) < 4.78 is 0. The van der Waals surface area contributed by atoms with E-state index in [1.54, 1.807) is 0 Å². The minimum absolute atomic E-state index is 1.04. The highest BCUT2D eigenvalue weighted by Gasteiger charge is 2.11. The van der Waals surface area contributed by atoms with Crippen molar-refractivity contribution in [1.82, 2.24) is 4.98 Å². The third-order valence-corrected chi connectivity index (χ3v) is 5.44. The maximum absolute atomic E-state index is 4.81. The zero-order chi connectivity index (χ0) is 18.1. The standard InChI is InChI=1S/C25H22N2/c1-3-9-24-22(7-1)21(23-8-2-4-10-25(23)26-24)16-13-19-11-14-20(15-12-19)27-17-5-6-18-27/h1-4,7-16H,5-6,17-18H2. The minimum Gasteiger partial charge on any atom is -0.372 e. The van der Waals surface area contributed by atoms with Gasteiger partial charge in [-0.3, -0.25) is 0 Å². The highest BCUT2D eigenvalue weighted by molar-refractivity contribution is 6.04. The highest BCUT2D eigenvalue weighted by Crippen LogP contribution is 2.28. The average Bonchev–Trinajstić information content (AvgIpc) is 3.26. The van der Waals surface area contributed by atoms with Crippen molar-refractivity contribution in [2.75, 3.05) is 18.0 Å². The van der Waals surface area contributed by atoms with Crippen LogP contribution in [0.15, 0.2) is 72.8 Å². The van der Waals surface area contributed by atoms with Gasteiger partial charge in [0.2, 0.25) is 0 Å². The maximum atomic E-state index is 4.81. The molecule has 1 aliphatic heterocycles. The Morgan fingerprint density at radius 3 is 1.89 bits per heavy atom. The molecule has 0 radical (unpaired) electrons. The van der Waals surface area contributed by atoms with Crippen molar-refractivity contribution in [3.05, 3.63) is 83.9 Å². The number of pyridine rings is 1. The maximum Gasteiger partial charge on any atom is 0.0715 e. The van der Waals surface area contributed by atoms with Crippen molar-refractivity contribution in [2.45, 2.75) is 12.8 Å². The fourth-order valence-corrected chi connectivity index (χ4v) is 4.00. The van der Waals surface area contributed by atoms with Crippen LogP contribution in [0.4, 0.5) is 5.69 Å². The van der Waals surface area contributed by atoms with Gasteiger partial charge in [0.15, 0.2) is 0 Å². The molecule has 1 saturated heterocycles. The van der Waals surface area contributed by atoms with Gasteiger partial charge in [0.05, 0.1) is 11.0 Å². The van der Waals surface area contributed by atoms with Crippen molar-refractivity contribution in [3.8, 4) is 0 Å². The highest BCUT2D eigenvalue weighted by atomic mass is 15.1. The number of benzene rings is 3. The Kier molecular flexibility index (Phi) is 4.10. The summed E-state index contributed by atoms with van der Waals surface area (Å²) in [5.41, 5.74) is 5.88. The predicted molar refractivity (Wildman–Crippen MR) is 116 cm³/mol. The second kappa shape index (κ2) is 6.88. The van der Waals surface area contributed by atoms with Gasteiger partial charge in [0, 0.05) is 29.5 Å². The number of fused-ring (bicyclic) bond motifs is 2. The average molecular weight is 350 g/mol. The van der Waals surface area contributed by atoms with Crippen LogP contribution in [-0.2, 0) is 0 Å². The lowest BCUT2D eigenvalue weighted by atomic mass is 10.0. The molecule has 0 atom stereocenters. The first-order valence-electron chi connectivity index (χ1n) is 9.69. The van der Waals surface area contributed by atoms with E-state index in [-0.39, 0.29) is 0 Å². The third-order valence-electron chi connectivity index (χ3n) is 5.44. The van der Waals surface area contributed by atoms with Gasteiger partial charge in [-0.2, -0.15) is 0 Å². The molecule has 27 heavy (non-hydrogen) atoms. The number of anilines is 1. The molecule has 2 nitrogen and oxygen atoms in total. The van der Waals surface area contributed by atoms with Crippen molar-refractivity contribution >= 4 is 39.6 Å². The Hall–Kier alpha value is -3.13. The van der Waals surface area contributed by atoms with Gasteiger partial charge < -0.3 is 4.90 Å². The Labute approximate surface area is 159 Å². The quantitative estimate of drug-likeness (QED) is 0.411. The topological polar surface area (TPSA) is 16.1 Å². The predicted octanol–water partition coefficient (Wildman–Crippen LogP) is 6.16. The fourth-order valence-electron chi connectivity index (χ4n) is 4.00. The van der Waals surface area contributed by atoms with E-state index >= 15 is 0 Å². The number of hydrogen-bond donors (Lipinski definition) is 0. The first kappa shape index (κ1) is 16.1. The van der Waals surface area contributed by atoms with Gasteiger partial charge in [0.1, 0.15) is 0 Å². The van der Waals surface area contributed by atoms with E-state index in [4.69, 9.17) is 4.98 Å². The van der Waals surface area contributed by atoms with E-state index in [0.717, 1.165) is 11.0 Å². The van der Waals surface area contributed by atoms with Crippen LogP contribution in [0, 0.1) is 0 Å². The molecule has 5 rings (SSSR count). The molecule has 1 aromatic heterocycles. The molecule has 1 aliphatic rings. The van der Waals surface area contributed by atoms with Crippen molar-refractivity contribution in [2.24, 2.45) is 0 Å². The summed E-state index contributed by atoms with van der Waals surface area (Å²) in [7, 11) is 0. The largest absolute Gasteiger partial charge is 0.372 e. The zero-order valence-electron chi connectivity index (χ0n) is 15.3. The van der Waals surface area contributed by atoms with Crippen LogP contribution in [0.2, 0.25) is 0 Å². The van der Waals surface area contributed by atoms with Crippen molar-refractivity contribution in [3.63, 3.8) is 0 Å². The van der Waals surface area contributed by atoms with Gasteiger partial charge in [-0.1, -0.05) is 60.7 Å². The summed E-state index contributed by atoms with van der Waals surface area (Å²) >= 11 is 0. The second-order valence-corrected chi connectivity index (χ2v) is 7.18. The molecule has 4 aromatic rings. The van der Waals surface area contributed by atoms with Crippen LogP contribution < -0.4 is 4.90 Å². The Morgan fingerprint density at radius 2 is 1.26 bits per heavy atom. The molecule has 0 spiro atoms. The molecule has 2 heteroatoms. The van der Waals surface area contributed by atoms with E-state index < -0.39 is 0 Å². The zero-order valence-corrected chi connectivity index (χ0v) is 15.3. The Balaban J connectivity index is 1.54. The Morgan fingerprint density at radius 1 is 0.667 bits per heavy atom. The summed E-state index contributed by atoms with van der Waals surface area (Å²) in [6.45, 7) is 2.37. The van der Waals surface area contributed by atoms with Crippen LogP contribution >= 0.6 is 0 Å². The van der Waals surface area contributed by atoms with Crippen molar-refractivity contribution < 1.29 is 0 Å². The number of nitrogens with zero attached hydrogens (tertiary/aromatic N) is 2. The monoisotopic (exact) mass is 350 g/mol. The lowest BCUT2D eigenvalue weighted by molar-refractivity contribution is 0.949. The van der Waals surface area contributed by atoms with E-state index in [0.29, 0.717) is 0 Å². The van der Waals surface area contributed by atoms with Crippen LogP contribution in [0.5, 0.6) is 0 Å². The fraction of sp³-hybridized carbons (Fsp3) is 0.160. The van der Waals surface area contributed by atoms with Crippen LogP contribution in [0.3, 0.4) is 0 Å². The molecule has 0 bridgehead atoms. The van der Waals surface area contributed by atoms with Crippen LogP contribution in [0.1, 0.15) is 24.0 Å². The number of hydrogen-bond acceptors (Lipinski definition) is 2. The molecule has 0 aliphatic carbocycles. The minimum atomic E-state index is 1.04. The van der Waals surface area contributed by atoms with E-state index in [1.807, 2.05) is 0 Å². The third kappa shape index (κ3) is 3.08. The molecule has 1 fully saturated rings. The molecule has 0 amide bonds. The second-order valence-electron chi connectivity index (χ2n) is 7.18. The summed E-state index contributed by atoms with van der Waals surface area (Å²) in [4.78, 5) is 7.28. The normalized spacial score (nSPS) is 14.6. The molecular weight excluding hydrogens is 328 g/mol. The van der Waals surface area contributed by atoms with Gasteiger partial charge >= 0.3 is 0 Å². The molecule has 0 saturated carbocycles. The van der Waals surface area contributed by atoms with Gasteiger partial charge in [-0.15, -0.1) is 0 Å².